The highest BCUT2D eigenvalue weighted by Gasteiger charge is 2.15. The SMILES string of the molecule is Cc1ccc(Br)cc1-c1c(O)c2ccccc2[nH]c1=O. The van der Waals surface area contributed by atoms with Crippen molar-refractivity contribution in [3.8, 4) is 16.9 Å². The van der Waals surface area contributed by atoms with E-state index in [1.807, 2.05) is 37.3 Å². The molecule has 0 aliphatic carbocycles. The molecule has 3 rings (SSSR count). The monoisotopic (exact) mass is 329 g/mol. The molecule has 0 atom stereocenters. The molecule has 1 heterocycles. The molecular formula is C16H12BrNO2. The first-order valence-electron chi connectivity index (χ1n) is 6.18. The number of H-pyrrole nitrogens is 1. The molecule has 0 bridgehead atoms. The maximum atomic E-state index is 12.3. The summed E-state index contributed by atoms with van der Waals surface area (Å²) in [5, 5.41) is 11.1. The topological polar surface area (TPSA) is 53.1 Å². The minimum Gasteiger partial charge on any atom is -0.506 e. The van der Waals surface area contributed by atoms with E-state index in [0.717, 1.165) is 15.6 Å². The van der Waals surface area contributed by atoms with Crippen molar-refractivity contribution in [3.63, 3.8) is 0 Å². The van der Waals surface area contributed by atoms with E-state index in [4.69, 9.17) is 0 Å². The summed E-state index contributed by atoms with van der Waals surface area (Å²) >= 11 is 3.40. The van der Waals surface area contributed by atoms with Gasteiger partial charge < -0.3 is 10.1 Å². The second-order valence-electron chi connectivity index (χ2n) is 4.68. The summed E-state index contributed by atoms with van der Waals surface area (Å²) in [6.07, 6.45) is 0. The standard InChI is InChI=1S/C16H12BrNO2/c1-9-6-7-10(17)8-12(9)14-15(19)11-4-2-3-5-13(11)18-16(14)20/h2-8H,1H3,(H2,18,19,20). The molecule has 1 aromatic heterocycles. The lowest BCUT2D eigenvalue weighted by atomic mass is 9.99. The van der Waals surface area contributed by atoms with Gasteiger partial charge in [-0.15, -0.1) is 0 Å². The Balaban J connectivity index is 2.42. The number of aryl methyl sites for hydroxylation is 1. The number of aromatic amines is 1. The first-order chi connectivity index (χ1) is 9.58. The maximum Gasteiger partial charge on any atom is 0.260 e. The van der Waals surface area contributed by atoms with E-state index in [0.29, 0.717) is 16.5 Å². The Morgan fingerprint density at radius 1 is 1.15 bits per heavy atom. The number of pyridine rings is 1. The van der Waals surface area contributed by atoms with Gasteiger partial charge in [-0.05, 0) is 42.3 Å². The fraction of sp³-hybridized carbons (Fsp3) is 0.0625. The van der Waals surface area contributed by atoms with Crippen LogP contribution in [0.3, 0.4) is 0 Å². The Morgan fingerprint density at radius 2 is 1.90 bits per heavy atom. The maximum absolute atomic E-state index is 12.3. The predicted octanol–water partition coefficient (Wildman–Crippen LogP) is 3.97. The summed E-state index contributed by atoms with van der Waals surface area (Å²) in [6, 6.07) is 12.9. The van der Waals surface area contributed by atoms with Crippen molar-refractivity contribution in [1.82, 2.24) is 4.98 Å². The van der Waals surface area contributed by atoms with E-state index in [1.54, 1.807) is 12.1 Å². The zero-order chi connectivity index (χ0) is 14.3. The van der Waals surface area contributed by atoms with E-state index in [-0.39, 0.29) is 11.3 Å². The number of benzene rings is 2. The van der Waals surface area contributed by atoms with Crippen LogP contribution in [-0.4, -0.2) is 10.1 Å². The van der Waals surface area contributed by atoms with E-state index >= 15 is 0 Å². The van der Waals surface area contributed by atoms with Crippen molar-refractivity contribution < 1.29 is 5.11 Å². The van der Waals surface area contributed by atoms with Crippen LogP contribution in [0.1, 0.15) is 5.56 Å². The minimum absolute atomic E-state index is 0.0190. The lowest BCUT2D eigenvalue weighted by Gasteiger charge is -2.10. The summed E-state index contributed by atoms with van der Waals surface area (Å²) in [5.74, 6) is 0.0190. The Hall–Kier alpha value is -2.07. The molecule has 0 unspecified atom stereocenters. The quantitative estimate of drug-likeness (QED) is 0.709. The normalized spacial score (nSPS) is 10.9. The van der Waals surface area contributed by atoms with Gasteiger partial charge in [-0.25, -0.2) is 0 Å². The van der Waals surface area contributed by atoms with Gasteiger partial charge in [0.05, 0.1) is 11.1 Å². The molecule has 20 heavy (non-hydrogen) atoms. The number of aromatic hydroxyl groups is 1. The van der Waals surface area contributed by atoms with Gasteiger partial charge in [0.25, 0.3) is 5.56 Å². The van der Waals surface area contributed by atoms with Crippen molar-refractivity contribution >= 4 is 26.8 Å². The smallest absolute Gasteiger partial charge is 0.260 e. The predicted molar refractivity (Wildman–Crippen MR) is 84.1 cm³/mol. The van der Waals surface area contributed by atoms with Crippen LogP contribution < -0.4 is 5.56 Å². The van der Waals surface area contributed by atoms with Gasteiger partial charge >= 0.3 is 0 Å². The molecule has 0 aliphatic heterocycles. The van der Waals surface area contributed by atoms with Crippen LogP contribution in [0.2, 0.25) is 0 Å². The number of fused-ring (bicyclic) bond motifs is 1. The van der Waals surface area contributed by atoms with Crippen molar-refractivity contribution in [2.45, 2.75) is 6.92 Å². The summed E-state index contributed by atoms with van der Waals surface area (Å²) in [6.45, 7) is 1.91. The lowest BCUT2D eigenvalue weighted by Crippen LogP contribution is -2.10. The first-order valence-corrected chi connectivity index (χ1v) is 6.98. The van der Waals surface area contributed by atoms with Crippen molar-refractivity contribution in [2.24, 2.45) is 0 Å². The molecule has 4 heteroatoms. The summed E-state index contributed by atoms with van der Waals surface area (Å²) in [5.41, 5.74) is 2.31. The minimum atomic E-state index is -0.289. The number of hydrogen-bond donors (Lipinski definition) is 2. The van der Waals surface area contributed by atoms with Crippen LogP contribution in [0.5, 0.6) is 5.75 Å². The van der Waals surface area contributed by atoms with Crippen molar-refractivity contribution in [3.05, 3.63) is 62.9 Å². The highest BCUT2D eigenvalue weighted by Crippen LogP contribution is 2.34. The zero-order valence-corrected chi connectivity index (χ0v) is 12.4. The largest absolute Gasteiger partial charge is 0.506 e. The molecule has 0 aliphatic rings. The number of halogens is 1. The third kappa shape index (κ3) is 2.02. The van der Waals surface area contributed by atoms with Crippen LogP contribution in [0.15, 0.2) is 51.7 Å². The third-order valence-electron chi connectivity index (χ3n) is 3.36. The zero-order valence-electron chi connectivity index (χ0n) is 10.8. The second-order valence-corrected chi connectivity index (χ2v) is 5.60. The first kappa shape index (κ1) is 12.9. The number of nitrogens with one attached hydrogen (secondary N) is 1. The Bertz CT molecular complexity index is 868. The summed E-state index contributed by atoms with van der Waals surface area (Å²) < 4.78 is 0.866. The van der Waals surface area contributed by atoms with Crippen LogP contribution in [-0.2, 0) is 0 Å². The molecule has 0 radical (unpaired) electrons. The molecule has 2 N–H and O–H groups in total. The van der Waals surface area contributed by atoms with Crippen LogP contribution in [0.25, 0.3) is 22.0 Å². The van der Waals surface area contributed by atoms with Gasteiger partial charge in [-0.3, -0.25) is 4.79 Å². The average molecular weight is 330 g/mol. The highest BCUT2D eigenvalue weighted by atomic mass is 79.9. The number of aromatic nitrogens is 1. The van der Waals surface area contributed by atoms with Gasteiger partial charge in [0.2, 0.25) is 0 Å². The molecule has 0 fully saturated rings. The molecule has 0 saturated heterocycles. The Labute approximate surface area is 124 Å². The van der Waals surface area contributed by atoms with E-state index in [2.05, 4.69) is 20.9 Å². The van der Waals surface area contributed by atoms with Gasteiger partial charge in [-0.1, -0.05) is 34.1 Å². The van der Waals surface area contributed by atoms with Crippen molar-refractivity contribution in [1.29, 1.82) is 0 Å². The number of hydrogen-bond acceptors (Lipinski definition) is 2. The Kier molecular flexibility index (Phi) is 3.10. The van der Waals surface area contributed by atoms with Gasteiger partial charge in [0, 0.05) is 9.86 Å². The van der Waals surface area contributed by atoms with E-state index in [1.165, 1.54) is 0 Å². The van der Waals surface area contributed by atoms with E-state index in [9.17, 15) is 9.90 Å². The van der Waals surface area contributed by atoms with Gasteiger partial charge in [0.1, 0.15) is 5.75 Å². The second kappa shape index (κ2) is 4.80. The fourth-order valence-electron chi connectivity index (χ4n) is 2.34. The summed E-state index contributed by atoms with van der Waals surface area (Å²) in [4.78, 5) is 15.1. The van der Waals surface area contributed by atoms with Gasteiger partial charge in [-0.2, -0.15) is 0 Å². The third-order valence-corrected chi connectivity index (χ3v) is 3.86. The molecular weight excluding hydrogens is 318 g/mol. The number of para-hydroxylation sites is 1. The molecule has 2 aromatic carbocycles. The van der Waals surface area contributed by atoms with Crippen LogP contribution >= 0.6 is 15.9 Å². The van der Waals surface area contributed by atoms with Crippen LogP contribution in [0.4, 0.5) is 0 Å². The van der Waals surface area contributed by atoms with E-state index < -0.39 is 0 Å². The average Bonchev–Trinajstić information content (AvgIpc) is 2.42. The fourth-order valence-corrected chi connectivity index (χ4v) is 2.70. The summed E-state index contributed by atoms with van der Waals surface area (Å²) in [7, 11) is 0. The molecule has 0 spiro atoms. The van der Waals surface area contributed by atoms with Crippen molar-refractivity contribution in [2.75, 3.05) is 0 Å². The molecule has 100 valence electrons. The molecule has 0 saturated carbocycles. The highest BCUT2D eigenvalue weighted by molar-refractivity contribution is 9.10. The molecule has 3 nitrogen and oxygen atoms in total. The van der Waals surface area contributed by atoms with Gasteiger partial charge in [0.15, 0.2) is 0 Å². The number of rotatable bonds is 1. The lowest BCUT2D eigenvalue weighted by molar-refractivity contribution is 0.482. The Morgan fingerprint density at radius 3 is 2.70 bits per heavy atom. The molecule has 3 aromatic rings. The van der Waals surface area contributed by atoms with Crippen LogP contribution in [0, 0.1) is 6.92 Å². The molecule has 0 amide bonds.